The molecule has 0 aliphatic rings. The summed E-state index contributed by atoms with van der Waals surface area (Å²) in [7, 11) is 1.86. The van der Waals surface area contributed by atoms with Gasteiger partial charge in [0.1, 0.15) is 6.61 Å². The number of hydrogen-bond acceptors (Lipinski definition) is 4. The quantitative estimate of drug-likeness (QED) is 0.471. The second-order valence-electron chi connectivity index (χ2n) is 3.35. The highest BCUT2D eigenvalue weighted by atomic mass is 16.6. The van der Waals surface area contributed by atoms with Gasteiger partial charge in [-0.05, 0) is 33.9 Å². The molecule has 0 amide bonds. The first kappa shape index (κ1) is 13.4. The van der Waals surface area contributed by atoms with Crippen LogP contribution in [0.5, 0.6) is 0 Å². The molecule has 0 bridgehead atoms. The molecule has 0 saturated heterocycles. The molecule has 0 spiro atoms. The largest absolute Gasteiger partial charge is 0.463 e. The zero-order valence-electron chi connectivity index (χ0n) is 9.34. The molecular weight excluding hydrogens is 182 g/mol. The van der Waals surface area contributed by atoms with E-state index in [1.165, 1.54) is 0 Å². The minimum Gasteiger partial charge on any atom is -0.463 e. The number of carbonyl (C=O) groups excluding carboxylic acids is 1. The third kappa shape index (κ3) is 9.48. The summed E-state index contributed by atoms with van der Waals surface area (Å²) < 4.78 is 10.2. The molecular formula is C10H21NO3. The van der Waals surface area contributed by atoms with Crippen LogP contribution in [0.2, 0.25) is 0 Å². The molecule has 14 heavy (non-hydrogen) atoms. The highest BCUT2D eigenvalue weighted by Gasteiger charge is 2.01. The molecule has 0 aromatic rings. The lowest BCUT2D eigenvalue weighted by Gasteiger charge is -2.08. The Labute approximate surface area is 86.0 Å². The monoisotopic (exact) mass is 203 g/mol. The Bertz CT molecular complexity index is 148. The van der Waals surface area contributed by atoms with E-state index in [-0.39, 0.29) is 12.1 Å². The summed E-state index contributed by atoms with van der Waals surface area (Å²) in [6, 6.07) is 0. The maximum Gasteiger partial charge on any atom is 0.305 e. The van der Waals surface area contributed by atoms with Crippen molar-refractivity contribution in [1.29, 1.82) is 0 Å². The Morgan fingerprint density at radius 1 is 1.36 bits per heavy atom. The van der Waals surface area contributed by atoms with Gasteiger partial charge in [0.2, 0.25) is 0 Å². The molecule has 0 atom stereocenters. The van der Waals surface area contributed by atoms with E-state index in [1.54, 1.807) is 0 Å². The van der Waals surface area contributed by atoms with Crippen molar-refractivity contribution in [3.05, 3.63) is 0 Å². The lowest BCUT2D eigenvalue weighted by atomic mass is 10.3. The number of ether oxygens (including phenoxy) is 2. The fourth-order valence-corrected chi connectivity index (χ4v) is 0.921. The van der Waals surface area contributed by atoms with Crippen LogP contribution in [0.3, 0.4) is 0 Å². The highest BCUT2D eigenvalue weighted by Crippen LogP contribution is 1.93. The maximum absolute atomic E-state index is 11.1. The standard InChI is InChI=1S/C10H21NO3/c1-9(2)13-7-8-14-10(12)5-4-6-11-3/h9,11H,4-8H2,1-3H3. The molecule has 4 nitrogen and oxygen atoms in total. The highest BCUT2D eigenvalue weighted by molar-refractivity contribution is 5.69. The van der Waals surface area contributed by atoms with E-state index in [0.29, 0.717) is 19.6 Å². The lowest BCUT2D eigenvalue weighted by Crippen LogP contribution is -2.15. The van der Waals surface area contributed by atoms with Crippen LogP contribution in [0.15, 0.2) is 0 Å². The molecule has 0 heterocycles. The molecule has 4 heteroatoms. The van der Waals surface area contributed by atoms with Crippen molar-refractivity contribution in [2.75, 3.05) is 26.8 Å². The first-order valence-electron chi connectivity index (χ1n) is 5.08. The van der Waals surface area contributed by atoms with Crippen LogP contribution in [-0.2, 0) is 14.3 Å². The Balaban J connectivity index is 3.18. The van der Waals surface area contributed by atoms with Crippen LogP contribution in [0.4, 0.5) is 0 Å². The van der Waals surface area contributed by atoms with E-state index in [9.17, 15) is 4.79 Å². The summed E-state index contributed by atoms with van der Waals surface area (Å²) in [6.07, 6.45) is 1.49. The summed E-state index contributed by atoms with van der Waals surface area (Å²) in [6.45, 7) is 5.59. The summed E-state index contributed by atoms with van der Waals surface area (Å²) >= 11 is 0. The summed E-state index contributed by atoms with van der Waals surface area (Å²) in [5.41, 5.74) is 0. The number of hydrogen-bond donors (Lipinski definition) is 1. The topological polar surface area (TPSA) is 47.6 Å². The Hall–Kier alpha value is -0.610. The van der Waals surface area contributed by atoms with Gasteiger partial charge in [-0.1, -0.05) is 0 Å². The van der Waals surface area contributed by atoms with Crippen molar-refractivity contribution in [2.45, 2.75) is 32.8 Å². The average Bonchev–Trinajstić information content (AvgIpc) is 2.13. The zero-order chi connectivity index (χ0) is 10.8. The third-order valence-corrected chi connectivity index (χ3v) is 1.61. The molecule has 0 aliphatic heterocycles. The van der Waals surface area contributed by atoms with Crippen LogP contribution < -0.4 is 5.32 Å². The van der Waals surface area contributed by atoms with Gasteiger partial charge in [-0.15, -0.1) is 0 Å². The van der Waals surface area contributed by atoms with Crippen LogP contribution in [-0.4, -0.2) is 38.9 Å². The molecule has 0 aromatic carbocycles. The summed E-state index contributed by atoms with van der Waals surface area (Å²) in [5, 5.41) is 2.97. The zero-order valence-corrected chi connectivity index (χ0v) is 9.34. The molecule has 0 aliphatic carbocycles. The van der Waals surface area contributed by atoms with Crippen LogP contribution in [0, 0.1) is 0 Å². The molecule has 0 unspecified atom stereocenters. The van der Waals surface area contributed by atoms with Crippen LogP contribution in [0.1, 0.15) is 26.7 Å². The number of nitrogens with one attached hydrogen (secondary N) is 1. The first-order chi connectivity index (χ1) is 6.66. The fourth-order valence-electron chi connectivity index (χ4n) is 0.921. The normalized spacial score (nSPS) is 10.6. The molecule has 0 fully saturated rings. The van der Waals surface area contributed by atoms with E-state index in [2.05, 4.69) is 5.32 Å². The molecule has 0 radical (unpaired) electrons. The number of rotatable bonds is 8. The molecule has 0 rings (SSSR count). The SMILES string of the molecule is CNCCCC(=O)OCCOC(C)C. The smallest absolute Gasteiger partial charge is 0.305 e. The van der Waals surface area contributed by atoms with Crippen molar-refractivity contribution >= 4 is 5.97 Å². The van der Waals surface area contributed by atoms with Crippen LogP contribution >= 0.6 is 0 Å². The van der Waals surface area contributed by atoms with Gasteiger partial charge >= 0.3 is 5.97 Å². The third-order valence-electron chi connectivity index (χ3n) is 1.61. The Morgan fingerprint density at radius 2 is 2.07 bits per heavy atom. The van der Waals surface area contributed by atoms with E-state index in [0.717, 1.165) is 13.0 Å². The Morgan fingerprint density at radius 3 is 2.64 bits per heavy atom. The molecule has 0 saturated carbocycles. The number of esters is 1. The minimum absolute atomic E-state index is 0.146. The predicted octanol–water partition coefficient (Wildman–Crippen LogP) is 0.954. The first-order valence-corrected chi connectivity index (χ1v) is 5.08. The van der Waals surface area contributed by atoms with Gasteiger partial charge in [-0.3, -0.25) is 4.79 Å². The van der Waals surface area contributed by atoms with E-state index in [1.807, 2.05) is 20.9 Å². The summed E-state index contributed by atoms with van der Waals surface area (Å²) in [4.78, 5) is 11.1. The maximum atomic E-state index is 11.1. The van der Waals surface area contributed by atoms with E-state index in [4.69, 9.17) is 9.47 Å². The van der Waals surface area contributed by atoms with Gasteiger partial charge in [0.15, 0.2) is 0 Å². The average molecular weight is 203 g/mol. The molecule has 84 valence electrons. The van der Waals surface area contributed by atoms with Gasteiger partial charge in [0.05, 0.1) is 12.7 Å². The van der Waals surface area contributed by atoms with Crippen molar-refractivity contribution in [1.82, 2.24) is 5.32 Å². The van der Waals surface area contributed by atoms with Crippen molar-refractivity contribution in [3.8, 4) is 0 Å². The molecule has 1 N–H and O–H groups in total. The lowest BCUT2D eigenvalue weighted by molar-refractivity contribution is -0.145. The fraction of sp³-hybridized carbons (Fsp3) is 0.900. The predicted molar refractivity (Wildman–Crippen MR) is 55.2 cm³/mol. The van der Waals surface area contributed by atoms with Gasteiger partial charge in [0.25, 0.3) is 0 Å². The van der Waals surface area contributed by atoms with Gasteiger partial charge < -0.3 is 14.8 Å². The van der Waals surface area contributed by atoms with Gasteiger partial charge in [-0.2, -0.15) is 0 Å². The second kappa shape index (κ2) is 8.97. The number of carbonyl (C=O) groups is 1. The molecule has 0 aromatic heterocycles. The van der Waals surface area contributed by atoms with Gasteiger partial charge in [0, 0.05) is 6.42 Å². The minimum atomic E-state index is -0.146. The summed E-state index contributed by atoms with van der Waals surface area (Å²) in [5.74, 6) is -0.146. The van der Waals surface area contributed by atoms with Gasteiger partial charge in [-0.25, -0.2) is 0 Å². The second-order valence-corrected chi connectivity index (χ2v) is 3.35. The Kier molecular flexibility index (Phi) is 8.57. The van der Waals surface area contributed by atoms with E-state index < -0.39 is 0 Å². The van der Waals surface area contributed by atoms with Crippen molar-refractivity contribution in [2.24, 2.45) is 0 Å². The van der Waals surface area contributed by atoms with Crippen LogP contribution in [0.25, 0.3) is 0 Å². The van der Waals surface area contributed by atoms with E-state index >= 15 is 0 Å². The van der Waals surface area contributed by atoms with Crippen molar-refractivity contribution in [3.63, 3.8) is 0 Å². The van der Waals surface area contributed by atoms with Crippen molar-refractivity contribution < 1.29 is 14.3 Å².